The van der Waals surface area contributed by atoms with E-state index in [-0.39, 0.29) is 10.7 Å². The van der Waals surface area contributed by atoms with Crippen LogP contribution < -0.4 is 4.74 Å². The van der Waals surface area contributed by atoms with E-state index in [0.29, 0.717) is 36.2 Å². The number of nitrogens with zero attached hydrogens (tertiary/aromatic N) is 1. The molecule has 0 saturated carbocycles. The number of fused-ring (bicyclic) bond motifs is 1. The van der Waals surface area contributed by atoms with Crippen LogP contribution in [-0.4, -0.2) is 42.9 Å². The molecule has 0 bridgehead atoms. The molecule has 2 aliphatic rings. The van der Waals surface area contributed by atoms with Gasteiger partial charge in [0.1, 0.15) is 5.75 Å². The van der Waals surface area contributed by atoms with Crippen LogP contribution in [0.4, 0.5) is 0 Å². The molecule has 2 aliphatic heterocycles. The molecule has 1 N–H and O–H groups in total. The van der Waals surface area contributed by atoms with Crippen molar-refractivity contribution in [2.75, 3.05) is 13.1 Å². The van der Waals surface area contributed by atoms with Gasteiger partial charge in [-0.25, -0.2) is 8.42 Å². The van der Waals surface area contributed by atoms with Crippen molar-refractivity contribution in [3.8, 4) is 5.75 Å². The van der Waals surface area contributed by atoms with E-state index in [9.17, 15) is 23.1 Å². The Hall–Kier alpha value is -2.19. The number of hydrogen-bond acceptors (Lipinski definition) is 5. The van der Waals surface area contributed by atoms with Crippen LogP contribution in [0.5, 0.6) is 5.75 Å². The predicted molar refractivity (Wildman–Crippen MR) is 105 cm³/mol. The quantitative estimate of drug-likeness (QED) is 0.608. The molecule has 1 saturated heterocycles. The first-order chi connectivity index (χ1) is 12.8. The van der Waals surface area contributed by atoms with E-state index < -0.39 is 32.8 Å². The monoisotopic (exact) mass is 407 g/mol. The number of rotatable bonds is 4. The Morgan fingerprint density at radius 1 is 1.36 bits per heavy atom. The largest absolute Gasteiger partial charge is 0.481 e. The molecule has 0 unspecified atom stereocenters. The fraction of sp³-hybridized carbons (Fsp3) is 0.500. The number of benzene rings is 1. The average molecular weight is 407 g/mol. The van der Waals surface area contributed by atoms with Gasteiger partial charge in [-0.3, -0.25) is 9.59 Å². The van der Waals surface area contributed by atoms with Crippen molar-refractivity contribution < 1.29 is 27.9 Å². The van der Waals surface area contributed by atoms with Crippen LogP contribution in [0.25, 0.3) is 6.08 Å². The molecule has 0 aromatic heterocycles. The molecule has 0 aliphatic carbocycles. The molecule has 1 aromatic carbocycles. The van der Waals surface area contributed by atoms with Crippen molar-refractivity contribution in [1.29, 1.82) is 0 Å². The van der Waals surface area contributed by atoms with E-state index in [1.807, 2.05) is 0 Å². The third-order valence-electron chi connectivity index (χ3n) is 5.66. The molecule has 1 aromatic rings. The highest BCUT2D eigenvalue weighted by molar-refractivity contribution is 7.93. The Bertz CT molecular complexity index is 1000. The zero-order valence-electron chi connectivity index (χ0n) is 16.7. The van der Waals surface area contributed by atoms with E-state index in [1.54, 1.807) is 39.0 Å². The Morgan fingerprint density at radius 3 is 2.54 bits per heavy atom. The SMILES string of the molecule is CCN1CC/C(=C\c2cc(C(C)(C)C(=O)O)c3c(c2)C(C)(C)C(=O)O3)S1(=O)=O. The minimum atomic E-state index is -3.51. The van der Waals surface area contributed by atoms with Crippen LogP contribution in [0.15, 0.2) is 17.0 Å². The summed E-state index contributed by atoms with van der Waals surface area (Å²) >= 11 is 0. The van der Waals surface area contributed by atoms with E-state index in [1.165, 1.54) is 18.2 Å². The van der Waals surface area contributed by atoms with Crippen LogP contribution in [0.3, 0.4) is 0 Å². The first-order valence-electron chi connectivity index (χ1n) is 9.19. The zero-order chi connectivity index (χ0) is 21.1. The fourth-order valence-corrected chi connectivity index (χ4v) is 5.17. The Morgan fingerprint density at radius 2 is 2.00 bits per heavy atom. The van der Waals surface area contributed by atoms with Gasteiger partial charge in [-0.2, -0.15) is 4.31 Å². The number of carbonyl (C=O) groups excluding carboxylic acids is 1. The molecule has 0 spiro atoms. The summed E-state index contributed by atoms with van der Waals surface area (Å²) in [7, 11) is -3.51. The smallest absolute Gasteiger partial charge is 0.321 e. The lowest BCUT2D eigenvalue weighted by Crippen LogP contribution is -2.29. The van der Waals surface area contributed by atoms with Crippen molar-refractivity contribution in [2.24, 2.45) is 0 Å². The third kappa shape index (κ3) is 2.95. The lowest BCUT2D eigenvalue weighted by atomic mass is 9.78. The van der Waals surface area contributed by atoms with Crippen molar-refractivity contribution in [3.63, 3.8) is 0 Å². The van der Waals surface area contributed by atoms with Crippen molar-refractivity contribution in [3.05, 3.63) is 33.7 Å². The lowest BCUT2D eigenvalue weighted by molar-refractivity contribution is -0.143. The summed E-state index contributed by atoms with van der Waals surface area (Å²) in [6.07, 6.45) is 1.97. The summed E-state index contributed by atoms with van der Waals surface area (Å²) in [4.78, 5) is 24.5. The van der Waals surface area contributed by atoms with Crippen LogP contribution in [0, 0.1) is 0 Å². The summed E-state index contributed by atoms with van der Waals surface area (Å²) in [5, 5.41) is 9.69. The number of carboxylic acids is 1. The zero-order valence-corrected chi connectivity index (χ0v) is 17.5. The summed E-state index contributed by atoms with van der Waals surface area (Å²) in [6, 6.07) is 3.33. The maximum atomic E-state index is 12.6. The first-order valence-corrected chi connectivity index (χ1v) is 10.6. The van der Waals surface area contributed by atoms with Crippen LogP contribution in [0.1, 0.15) is 57.7 Å². The van der Waals surface area contributed by atoms with E-state index in [4.69, 9.17) is 4.74 Å². The highest BCUT2D eigenvalue weighted by atomic mass is 32.2. The highest BCUT2D eigenvalue weighted by Crippen LogP contribution is 2.46. The second-order valence-electron chi connectivity index (χ2n) is 8.25. The second-order valence-corrected chi connectivity index (χ2v) is 10.2. The third-order valence-corrected chi connectivity index (χ3v) is 7.76. The number of hydrogen-bond donors (Lipinski definition) is 1. The van der Waals surface area contributed by atoms with Crippen LogP contribution in [0.2, 0.25) is 0 Å². The van der Waals surface area contributed by atoms with Gasteiger partial charge in [-0.05, 0) is 57.9 Å². The number of carboxylic acid groups (broad SMARTS) is 1. The Labute approximate surface area is 165 Å². The molecule has 8 heteroatoms. The summed E-state index contributed by atoms with van der Waals surface area (Å²) in [6.45, 7) is 9.10. The number of carbonyl (C=O) groups is 2. The fourth-order valence-electron chi connectivity index (χ4n) is 3.53. The molecule has 7 nitrogen and oxygen atoms in total. The Kier molecular flexibility index (Phi) is 4.71. The number of aliphatic carboxylic acids is 1. The van der Waals surface area contributed by atoms with E-state index in [2.05, 4.69) is 0 Å². The molecule has 3 rings (SSSR count). The molecule has 0 atom stereocenters. The standard InChI is InChI=1S/C20H25NO6S/c1-6-21-8-7-13(28(21,25)26)9-12-10-14(19(2,3)17(22)23)16-15(11-12)20(4,5)18(24)27-16/h9-11H,6-8H2,1-5H3,(H,22,23)/b13-9+. The van der Waals surface area contributed by atoms with Gasteiger partial charge in [-0.1, -0.05) is 6.92 Å². The van der Waals surface area contributed by atoms with Crippen molar-refractivity contribution >= 4 is 28.0 Å². The molecular weight excluding hydrogens is 382 g/mol. The van der Waals surface area contributed by atoms with E-state index in [0.717, 1.165) is 0 Å². The summed E-state index contributed by atoms with van der Waals surface area (Å²) in [5.41, 5.74) is -0.795. The molecular formula is C20H25NO6S. The molecule has 2 heterocycles. The van der Waals surface area contributed by atoms with Gasteiger partial charge < -0.3 is 9.84 Å². The maximum absolute atomic E-state index is 12.6. The lowest BCUT2D eigenvalue weighted by Gasteiger charge is -2.23. The van der Waals surface area contributed by atoms with Crippen molar-refractivity contribution in [2.45, 2.75) is 51.9 Å². The van der Waals surface area contributed by atoms with Gasteiger partial charge in [0, 0.05) is 24.2 Å². The minimum Gasteiger partial charge on any atom is -0.481 e. The van der Waals surface area contributed by atoms with Gasteiger partial charge in [-0.15, -0.1) is 0 Å². The normalized spacial score (nSPS) is 22.3. The van der Waals surface area contributed by atoms with Crippen molar-refractivity contribution in [1.82, 2.24) is 4.31 Å². The van der Waals surface area contributed by atoms with Crippen LogP contribution >= 0.6 is 0 Å². The second kappa shape index (κ2) is 6.42. The Balaban J connectivity index is 2.23. The minimum absolute atomic E-state index is 0.258. The van der Waals surface area contributed by atoms with E-state index >= 15 is 0 Å². The van der Waals surface area contributed by atoms with Gasteiger partial charge in [0.05, 0.1) is 15.7 Å². The molecule has 1 fully saturated rings. The topological polar surface area (TPSA) is 101 Å². The molecule has 0 amide bonds. The molecule has 28 heavy (non-hydrogen) atoms. The number of esters is 1. The number of ether oxygens (including phenoxy) is 1. The van der Waals surface area contributed by atoms with Gasteiger partial charge in [0.2, 0.25) is 10.0 Å². The summed E-state index contributed by atoms with van der Waals surface area (Å²) in [5.74, 6) is -1.26. The predicted octanol–water partition coefficient (Wildman–Crippen LogP) is 2.64. The van der Waals surface area contributed by atoms with Gasteiger partial charge in [0.15, 0.2) is 0 Å². The average Bonchev–Trinajstić information content (AvgIpc) is 3.00. The van der Waals surface area contributed by atoms with Crippen LogP contribution in [-0.2, 0) is 30.4 Å². The summed E-state index contributed by atoms with van der Waals surface area (Å²) < 4.78 is 32.1. The molecule has 0 radical (unpaired) electrons. The first kappa shape index (κ1) is 20.5. The number of sulfonamides is 1. The van der Waals surface area contributed by atoms with Gasteiger partial charge >= 0.3 is 11.9 Å². The molecule has 152 valence electrons. The van der Waals surface area contributed by atoms with Gasteiger partial charge in [0.25, 0.3) is 0 Å². The maximum Gasteiger partial charge on any atom is 0.321 e. The highest BCUT2D eigenvalue weighted by Gasteiger charge is 2.46.